The van der Waals surface area contributed by atoms with E-state index in [9.17, 15) is 23.2 Å². The third kappa shape index (κ3) is 4.85. The lowest BCUT2D eigenvalue weighted by molar-refractivity contribution is -0.136. The van der Waals surface area contributed by atoms with Gasteiger partial charge in [0.2, 0.25) is 0 Å². The first-order chi connectivity index (χ1) is 18.1. The summed E-state index contributed by atoms with van der Waals surface area (Å²) in [6.45, 7) is 5.75. The highest BCUT2D eigenvalue weighted by molar-refractivity contribution is 6.18. The molecule has 1 aliphatic carbocycles. The van der Waals surface area contributed by atoms with Crippen molar-refractivity contribution < 1.29 is 32.6 Å². The fraction of sp³-hybridized carbons (Fsp3) is 0.321. The Kier molecular flexibility index (Phi) is 6.42. The number of halogens is 2. The van der Waals surface area contributed by atoms with Crippen LogP contribution in [0.1, 0.15) is 55.2 Å². The summed E-state index contributed by atoms with van der Waals surface area (Å²) >= 11 is 0. The monoisotopic (exact) mass is 523 g/mol. The van der Waals surface area contributed by atoms with Gasteiger partial charge in [-0.25, -0.2) is 18.4 Å². The topological polar surface area (TPSA) is 101 Å². The second-order valence-electron chi connectivity index (χ2n) is 10.1. The lowest BCUT2D eigenvalue weighted by Gasteiger charge is -2.29. The summed E-state index contributed by atoms with van der Waals surface area (Å²) in [5, 5.41) is 3.54. The minimum atomic E-state index is -1.14. The summed E-state index contributed by atoms with van der Waals surface area (Å²) in [6.07, 6.45) is 2.72. The van der Waals surface area contributed by atoms with Gasteiger partial charge in [-0.1, -0.05) is 13.8 Å². The van der Waals surface area contributed by atoms with Gasteiger partial charge in [-0.2, -0.15) is 0 Å². The smallest absolute Gasteiger partial charge is 0.412 e. The molecule has 0 spiro atoms. The van der Waals surface area contributed by atoms with Crippen molar-refractivity contribution in [2.24, 2.45) is 0 Å². The van der Waals surface area contributed by atoms with E-state index in [2.05, 4.69) is 10.3 Å². The zero-order chi connectivity index (χ0) is 27.2. The molecule has 10 heteroatoms. The first-order valence-corrected chi connectivity index (χ1v) is 12.4. The van der Waals surface area contributed by atoms with Gasteiger partial charge in [0.05, 0.1) is 17.9 Å². The highest BCUT2D eigenvalue weighted by Crippen LogP contribution is 2.41. The Hall–Kier alpha value is -4.21. The molecule has 2 amide bonds. The van der Waals surface area contributed by atoms with E-state index in [-0.39, 0.29) is 30.3 Å². The standard InChI is InChI=1S/C28H27F2N3O5/c1-4-37-26(35)19-13-33(25(34)15-5-10-20(29)21(30)11-15)14-28(2,3)23-18-9-8-17(12-22(18)32-24(19)23)38-27(36)31-16-6-7-16/h5,8-13,16,32H,4,6-7,14H2,1-3H3,(H,31,36). The molecule has 0 atom stereocenters. The quantitative estimate of drug-likeness (QED) is 0.457. The number of amides is 2. The number of hydrogen-bond acceptors (Lipinski definition) is 5. The normalized spacial score (nSPS) is 16.3. The number of nitrogens with zero attached hydrogens (tertiary/aromatic N) is 1. The number of carbonyl (C=O) groups excluding carboxylic acids is 3. The van der Waals surface area contributed by atoms with Gasteiger partial charge < -0.3 is 24.7 Å². The third-order valence-corrected chi connectivity index (χ3v) is 6.60. The average molecular weight is 524 g/mol. The Balaban J connectivity index is 1.57. The molecule has 0 saturated heterocycles. The Labute approximate surface area is 217 Å². The number of nitrogens with one attached hydrogen (secondary N) is 2. The molecule has 1 aliphatic heterocycles. The molecule has 198 valence electrons. The summed E-state index contributed by atoms with van der Waals surface area (Å²) in [6, 6.07) is 8.23. The molecule has 0 radical (unpaired) electrons. The van der Waals surface area contributed by atoms with E-state index < -0.39 is 35.0 Å². The molecule has 1 aromatic heterocycles. The van der Waals surface area contributed by atoms with Crippen LogP contribution < -0.4 is 10.1 Å². The SMILES string of the molecule is CCOC(=O)C1=CN(C(=O)c2ccc(F)c(F)c2)CC(C)(C)c2c1[nH]c1cc(OC(=O)NC3CC3)ccc21. The molecule has 5 rings (SSSR count). The fourth-order valence-corrected chi connectivity index (χ4v) is 4.74. The number of aromatic nitrogens is 1. The number of esters is 1. The molecule has 38 heavy (non-hydrogen) atoms. The molecule has 3 aromatic rings. The van der Waals surface area contributed by atoms with Crippen LogP contribution in [0, 0.1) is 11.6 Å². The molecule has 2 aliphatic rings. The van der Waals surface area contributed by atoms with E-state index in [1.165, 1.54) is 17.2 Å². The minimum absolute atomic E-state index is 0.0548. The van der Waals surface area contributed by atoms with Gasteiger partial charge in [0.25, 0.3) is 5.91 Å². The third-order valence-electron chi connectivity index (χ3n) is 6.60. The average Bonchev–Trinajstić information content (AvgIpc) is 3.60. The summed E-state index contributed by atoms with van der Waals surface area (Å²) in [5.41, 5.74) is 1.22. The van der Waals surface area contributed by atoms with E-state index in [4.69, 9.17) is 9.47 Å². The Morgan fingerprint density at radius 3 is 2.55 bits per heavy atom. The summed E-state index contributed by atoms with van der Waals surface area (Å²) < 4.78 is 38.1. The van der Waals surface area contributed by atoms with Gasteiger partial charge >= 0.3 is 12.1 Å². The molecule has 1 fully saturated rings. The summed E-state index contributed by atoms with van der Waals surface area (Å²) in [5.74, 6) is -3.11. The minimum Gasteiger partial charge on any atom is -0.462 e. The molecule has 2 N–H and O–H groups in total. The first kappa shape index (κ1) is 25.4. The zero-order valence-corrected chi connectivity index (χ0v) is 21.2. The highest BCUT2D eigenvalue weighted by Gasteiger charge is 2.38. The van der Waals surface area contributed by atoms with Crippen LogP contribution in [-0.4, -0.2) is 47.0 Å². The van der Waals surface area contributed by atoms with Crippen molar-refractivity contribution in [2.75, 3.05) is 13.2 Å². The number of benzene rings is 2. The number of rotatable bonds is 5. The number of fused-ring (bicyclic) bond motifs is 3. The van der Waals surface area contributed by atoms with Crippen molar-refractivity contribution in [1.29, 1.82) is 0 Å². The predicted molar refractivity (Wildman–Crippen MR) is 136 cm³/mol. The summed E-state index contributed by atoms with van der Waals surface area (Å²) in [4.78, 5) is 43.1. The maximum absolute atomic E-state index is 13.9. The van der Waals surface area contributed by atoms with Crippen molar-refractivity contribution in [3.63, 3.8) is 0 Å². The van der Waals surface area contributed by atoms with Crippen molar-refractivity contribution in [1.82, 2.24) is 15.2 Å². The molecule has 2 heterocycles. The molecule has 0 bridgehead atoms. The van der Waals surface area contributed by atoms with Crippen LogP contribution in [0.2, 0.25) is 0 Å². The van der Waals surface area contributed by atoms with E-state index >= 15 is 0 Å². The fourth-order valence-electron chi connectivity index (χ4n) is 4.74. The number of carbonyl (C=O) groups is 3. The number of H-pyrrole nitrogens is 1. The van der Waals surface area contributed by atoms with Crippen LogP contribution in [-0.2, 0) is 14.9 Å². The zero-order valence-electron chi connectivity index (χ0n) is 21.2. The van der Waals surface area contributed by atoms with E-state index in [1.807, 2.05) is 13.8 Å². The van der Waals surface area contributed by atoms with Gasteiger partial charge in [0, 0.05) is 46.7 Å². The van der Waals surface area contributed by atoms with Crippen LogP contribution in [0.5, 0.6) is 5.75 Å². The highest BCUT2D eigenvalue weighted by atomic mass is 19.2. The van der Waals surface area contributed by atoms with Crippen LogP contribution in [0.15, 0.2) is 42.6 Å². The molecule has 1 saturated carbocycles. The number of hydrogen-bond donors (Lipinski definition) is 2. The van der Waals surface area contributed by atoms with E-state index in [1.54, 1.807) is 25.1 Å². The molecule has 2 aromatic carbocycles. The lowest BCUT2D eigenvalue weighted by atomic mass is 9.81. The van der Waals surface area contributed by atoms with Crippen LogP contribution in [0.4, 0.5) is 13.6 Å². The van der Waals surface area contributed by atoms with Crippen LogP contribution in [0.25, 0.3) is 16.5 Å². The van der Waals surface area contributed by atoms with Crippen molar-refractivity contribution in [3.8, 4) is 5.75 Å². The summed E-state index contributed by atoms with van der Waals surface area (Å²) in [7, 11) is 0. The van der Waals surface area contributed by atoms with Gasteiger partial charge in [-0.05, 0) is 55.7 Å². The second-order valence-corrected chi connectivity index (χ2v) is 10.1. The Morgan fingerprint density at radius 2 is 1.87 bits per heavy atom. The van der Waals surface area contributed by atoms with Gasteiger partial charge in [-0.3, -0.25) is 4.79 Å². The number of ether oxygens (including phenoxy) is 2. The van der Waals surface area contributed by atoms with Crippen molar-refractivity contribution in [3.05, 3.63) is 71.1 Å². The molecular formula is C28H27F2N3O5. The first-order valence-electron chi connectivity index (χ1n) is 12.4. The van der Waals surface area contributed by atoms with Gasteiger partial charge in [0.15, 0.2) is 11.6 Å². The van der Waals surface area contributed by atoms with E-state index in [0.717, 1.165) is 35.9 Å². The lowest BCUT2D eigenvalue weighted by Crippen LogP contribution is -2.37. The van der Waals surface area contributed by atoms with E-state index in [0.29, 0.717) is 17.0 Å². The Morgan fingerprint density at radius 1 is 1.11 bits per heavy atom. The van der Waals surface area contributed by atoms with Crippen LogP contribution >= 0.6 is 0 Å². The number of aromatic amines is 1. The molecule has 8 nitrogen and oxygen atoms in total. The maximum Gasteiger partial charge on any atom is 0.412 e. The maximum atomic E-state index is 13.9. The predicted octanol–water partition coefficient (Wildman–Crippen LogP) is 5.03. The second kappa shape index (κ2) is 9.59. The largest absolute Gasteiger partial charge is 0.462 e. The van der Waals surface area contributed by atoms with Gasteiger partial charge in [-0.15, -0.1) is 0 Å². The molecule has 0 unspecified atom stereocenters. The molecular weight excluding hydrogens is 496 g/mol. The van der Waals surface area contributed by atoms with Gasteiger partial charge in [0.1, 0.15) is 5.75 Å². The van der Waals surface area contributed by atoms with Crippen molar-refractivity contribution in [2.45, 2.75) is 45.1 Å². The Bertz CT molecular complexity index is 1490. The van der Waals surface area contributed by atoms with Crippen molar-refractivity contribution >= 4 is 34.4 Å². The van der Waals surface area contributed by atoms with Crippen LogP contribution in [0.3, 0.4) is 0 Å².